The third kappa shape index (κ3) is 5.90. The highest BCUT2D eigenvalue weighted by Gasteiger charge is 2.38. The average Bonchev–Trinajstić information content (AvgIpc) is 3.27. The quantitative estimate of drug-likeness (QED) is 0.325. The summed E-state index contributed by atoms with van der Waals surface area (Å²) in [5, 5.41) is 4.53. The summed E-state index contributed by atoms with van der Waals surface area (Å²) in [4.78, 5) is 18.3. The molecule has 4 rings (SSSR count). The van der Waals surface area contributed by atoms with E-state index in [4.69, 9.17) is 0 Å². The molecule has 2 N–H and O–H groups in total. The van der Waals surface area contributed by atoms with Gasteiger partial charge in [-0.1, -0.05) is 61.4 Å². The predicted octanol–water partition coefficient (Wildman–Crippen LogP) is 6.42. The van der Waals surface area contributed by atoms with Gasteiger partial charge in [-0.05, 0) is 82.2 Å². The fourth-order valence-electron chi connectivity index (χ4n) is 5.80. The van der Waals surface area contributed by atoms with E-state index in [1.807, 2.05) is 0 Å². The second kappa shape index (κ2) is 11.7. The first-order valence-electron chi connectivity index (χ1n) is 13.1. The second-order valence-electron chi connectivity index (χ2n) is 10.3. The molecule has 0 radical (unpaired) electrons. The summed E-state index contributed by atoms with van der Waals surface area (Å²) in [6.45, 7) is 0.810. The van der Waals surface area contributed by atoms with Gasteiger partial charge in [-0.2, -0.15) is 0 Å². The first kappa shape index (κ1) is 24.5. The van der Waals surface area contributed by atoms with Gasteiger partial charge >= 0.3 is 0 Å². The van der Waals surface area contributed by atoms with E-state index in [0.29, 0.717) is 12.3 Å². The van der Waals surface area contributed by atoms with Gasteiger partial charge in [0.2, 0.25) is 5.91 Å². The highest BCUT2D eigenvalue weighted by Crippen LogP contribution is 2.43. The van der Waals surface area contributed by atoms with Crippen LogP contribution in [0.2, 0.25) is 0 Å². The van der Waals surface area contributed by atoms with E-state index in [1.54, 1.807) is 0 Å². The van der Waals surface area contributed by atoms with Crippen LogP contribution in [0.1, 0.15) is 68.9 Å². The monoisotopic (exact) mass is 459 g/mol. The number of nitrogens with one attached hydrogen (secondary N) is 2. The number of hydrogen-bond acceptors (Lipinski definition) is 2. The zero-order valence-electron chi connectivity index (χ0n) is 21.0. The molecule has 0 saturated heterocycles. The van der Waals surface area contributed by atoms with Gasteiger partial charge in [0.15, 0.2) is 0 Å². The van der Waals surface area contributed by atoms with E-state index in [-0.39, 0.29) is 11.4 Å². The molecule has 2 aromatic carbocycles. The first-order valence-corrected chi connectivity index (χ1v) is 13.1. The van der Waals surface area contributed by atoms with Crippen LogP contribution in [0.4, 0.5) is 0 Å². The van der Waals surface area contributed by atoms with Crippen molar-refractivity contribution in [2.75, 3.05) is 20.6 Å². The summed E-state index contributed by atoms with van der Waals surface area (Å²) in [6.07, 6.45) is 13.1. The number of carbonyl (C=O) groups is 1. The third-order valence-electron chi connectivity index (χ3n) is 7.94. The number of hydrogen-bond donors (Lipinski definition) is 2. The first-order chi connectivity index (χ1) is 16.6. The molecule has 0 bridgehead atoms. The van der Waals surface area contributed by atoms with Crippen molar-refractivity contribution in [2.45, 2.75) is 69.7 Å². The molecular formula is C30H41N3O. The van der Waals surface area contributed by atoms with Crippen molar-refractivity contribution in [3.63, 3.8) is 0 Å². The molecule has 1 heterocycles. The highest BCUT2D eigenvalue weighted by atomic mass is 16.1. The maximum absolute atomic E-state index is 12.5. The average molecular weight is 460 g/mol. The zero-order chi connectivity index (χ0) is 23.8. The van der Waals surface area contributed by atoms with Crippen LogP contribution in [0.15, 0.2) is 60.8 Å². The van der Waals surface area contributed by atoms with Gasteiger partial charge in [0, 0.05) is 35.6 Å². The van der Waals surface area contributed by atoms with Crippen LogP contribution in [-0.2, 0) is 16.8 Å². The van der Waals surface area contributed by atoms with Gasteiger partial charge < -0.3 is 10.3 Å². The summed E-state index contributed by atoms with van der Waals surface area (Å²) in [5.41, 5.74) is 4.17. The van der Waals surface area contributed by atoms with E-state index < -0.39 is 0 Å². The third-order valence-corrected chi connectivity index (χ3v) is 7.94. The van der Waals surface area contributed by atoms with Crippen molar-refractivity contribution in [3.05, 3.63) is 71.9 Å². The summed E-state index contributed by atoms with van der Waals surface area (Å²) in [6, 6.07) is 19.4. The maximum Gasteiger partial charge on any atom is 0.220 e. The van der Waals surface area contributed by atoms with Crippen LogP contribution in [0.25, 0.3) is 10.9 Å². The van der Waals surface area contributed by atoms with E-state index in [2.05, 4.69) is 90.1 Å². The van der Waals surface area contributed by atoms with E-state index in [9.17, 15) is 4.79 Å². The number of rotatable bonds is 11. The van der Waals surface area contributed by atoms with E-state index in [0.717, 1.165) is 45.1 Å². The van der Waals surface area contributed by atoms with Crippen molar-refractivity contribution >= 4 is 16.8 Å². The molecule has 1 aliphatic rings. The predicted molar refractivity (Wildman–Crippen MR) is 142 cm³/mol. The lowest BCUT2D eigenvalue weighted by molar-refractivity contribution is -0.122. The number of nitrogens with zero attached hydrogens (tertiary/aromatic N) is 1. The van der Waals surface area contributed by atoms with Gasteiger partial charge in [0.05, 0.1) is 0 Å². The molecular weight excluding hydrogens is 418 g/mol. The second-order valence-corrected chi connectivity index (χ2v) is 10.3. The van der Waals surface area contributed by atoms with Crippen molar-refractivity contribution < 1.29 is 4.79 Å². The van der Waals surface area contributed by atoms with Gasteiger partial charge in [-0.15, -0.1) is 0 Å². The lowest BCUT2D eigenvalue weighted by Crippen LogP contribution is -2.44. The van der Waals surface area contributed by atoms with E-state index >= 15 is 0 Å². The summed E-state index contributed by atoms with van der Waals surface area (Å²) < 4.78 is 0. The summed E-state index contributed by atoms with van der Waals surface area (Å²) in [7, 11) is 4.39. The topological polar surface area (TPSA) is 48.1 Å². The lowest BCUT2D eigenvalue weighted by Gasteiger charge is -2.45. The summed E-state index contributed by atoms with van der Waals surface area (Å²) in [5.74, 6) is 0.744. The van der Waals surface area contributed by atoms with Crippen LogP contribution in [0.3, 0.4) is 0 Å². The van der Waals surface area contributed by atoms with Crippen molar-refractivity contribution in [3.8, 4) is 0 Å². The molecule has 1 aliphatic carbocycles. The molecule has 1 fully saturated rings. The minimum Gasteiger partial charge on any atom is -0.361 e. The highest BCUT2D eigenvalue weighted by molar-refractivity contribution is 5.83. The van der Waals surface area contributed by atoms with Crippen molar-refractivity contribution in [1.29, 1.82) is 0 Å². The van der Waals surface area contributed by atoms with Crippen LogP contribution < -0.4 is 5.32 Å². The number of fused-ring (bicyclic) bond motifs is 1. The Morgan fingerprint density at radius 1 is 0.971 bits per heavy atom. The smallest absolute Gasteiger partial charge is 0.220 e. The molecule has 4 nitrogen and oxygen atoms in total. The Morgan fingerprint density at radius 2 is 1.68 bits per heavy atom. The van der Waals surface area contributed by atoms with Gasteiger partial charge in [0.25, 0.3) is 0 Å². The van der Waals surface area contributed by atoms with Gasteiger partial charge in [0.1, 0.15) is 0 Å². The number of aromatic nitrogens is 1. The fourth-order valence-corrected chi connectivity index (χ4v) is 5.80. The molecule has 0 unspecified atom stereocenters. The number of para-hydroxylation sites is 1. The standard InChI is InChI=1S/C30H41N3O/c1-33(2)30(26-13-7-5-8-14-26)19-17-24(18-20-30)22-29(34)31-21-11-4-3-6-12-25-23-32-28-16-10-9-15-27(25)28/h5,7-10,13-16,23-24,32H,3-4,6,11-12,17-22H2,1-2H3,(H,31,34). The molecule has 0 spiro atoms. The largest absolute Gasteiger partial charge is 0.361 e. The minimum atomic E-state index is 0.112. The number of benzene rings is 2. The van der Waals surface area contributed by atoms with Crippen molar-refractivity contribution in [2.24, 2.45) is 5.92 Å². The van der Waals surface area contributed by atoms with Crippen LogP contribution >= 0.6 is 0 Å². The Labute approximate surface area is 205 Å². The molecule has 1 amide bonds. The van der Waals surface area contributed by atoms with Gasteiger partial charge in [-0.25, -0.2) is 0 Å². The SMILES string of the molecule is CN(C)C1(c2ccccc2)CCC(CC(=O)NCCCCCCc2c[nH]c3ccccc23)CC1. The number of amides is 1. The van der Waals surface area contributed by atoms with Gasteiger partial charge in [-0.3, -0.25) is 9.69 Å². The molecule has 1 saturated carbocycles. The summed E-state index contributed by atoms with van der Waals surface area (Å²) >= 11 is 0. The number of aromatic amines is 1. The molecule has 182 valence electrons. The molecule has 34 heavy (non-hydrogen) atoms. The Balaban J connectivity index is 1.10. The van der Waals surface area contributed by atoms with Crippen LogP contribution in [-0.4, -0.2) is 36.4 Å². The van der Waals surface area contributed by atoms with Crippen molar-refractivity contribution in [1.82, 2.24) is 15.2 Å². The van der Waals surface area contributed by atoms with E-state index in [1.165, 1.54) is 41.3 Å². The Kier molecular flexibility index (Phi) is 8.44. The lowest BCUT2D eigenvalue weighted by atomic mass is 9.71. The molecule has 1 aromatic heterocycles. The number of H-pyrrole nitrogens is 1. The normalized spacial score (nSPS) is 20.6. The molecule has 4 heteroatoms. The number of carbonyl (C=O) groups excluding carboxylic acids is 1. The number of aryl methyl sites for hydroxylation is 1. The maximum atomic E-state index is 12.5. The zero-order valence-corrected chi connectivity index (χ0v) is 21.0. The number of unbranched alkanes of at least 4 members (excludes halogenated alkanes) is 3. The Bertz CT molecular complexity index is 1030. The Morgan fingerprint density at radius 3 is 2.44 bits per heavy atom. The van der Waals surface area contributed by atoms with Crippen LogP contribution in [0, 0.1) is 5.92 Å². The minimum absolute atomic E-state index is 0.112. The van der Waals surface area contributed by atoms with Crippen LogP contribution in [0.5, 0.6) is 0 Å². The molecule has 3 aromatic rings. The Hall–Kier alpha value is -2.59. The fraction of sp³-hybridized carbons (Fsp3) is 0.500. The molecule has 0 atom stereocenters. The molecule has 0 aliphatic heterocycles.